The summed E-state index contributed by atoms with van der Waals surface area (Å²) in [6.07, 6.45) is 0.291. The highest BCUT2D eigenvalue weighted by Gasteiger charge is 2.08. The van der Waals surface area contributed by atoms with E-state index in [2.05, 4.69) is 18.5 Å². The lowest BCUT2D eigenvalue weighted by Gasteiger charge is -2.06. The minimum Gasteiger partial charge on any atom is -0.505 e. The molecule has 1 heterocycles. The molecule has 0 spiro atoms. The van der Waals surface area contributed by atoms with Gasteiger partial charge in [-0.15, -0.1) is 0 Å². The van der Waals surface area contributed by atoms with Gasteiger partial charge in [0.05, 0.1) is 0 Å². The lowest BCUT2D eigenvalue weighted by atomic mass is 10.1. The van der Waals surface area contributed by atoms with E-state index in [1.165, 1.54) is 0 Å². The topological polar surface area (TPSA) is 62.5 Å². The number of rotatable bonds is 5. The quantitative estimate of drug-likeness (QED) is 0.632. The fourth-order valence-electron chi connectivity index (χ4n) is 1.88. The summed E-state index contributed by atoms with van der Waals surface area (Å²) in [5.41, 5.74) is 2.29. The third kappa shape index (κ3) is 3.86. The maximum atomic E-state index is 11.7. The van der Waals surface area contributed by atoms with Gasteiger partial charge in [-0.25, -0.2) is 0 Å². The standard InChI is InChI=1S/C17H17NO3/c1-11(2)9-17(20)18-14-6-4-5-13(10-14)16-8-7-15(21-16)12(3)19/h4-8,10,19H,1,3,9H2,2H3,(H,18,20). The summed E-state index contributed by atoms with van der Waals surface area (Å²) in [6.45, 7) is 8.93. The molecule has 4 heteroatoms. The number of furan rings is 1. The van der Waals surface area contributed by atoms with Crippen LogP contribution in [-0.4, -0.2) is 11.0 Å². The van der Waals surface area contributed by atoms with Crippen molar-refractivity contribution in [1.82, 2.24) is 0 Å². The third-order valence-corrected chi connectivity index (χ3v) is 2.78. The highest BCUT2D eigenvalue weighted by atomic mass is 16.4. The van der Waals surface area contributed by atoms with Crippen molar-refractivity contribution < 1.29 is 14.3 Å². The first-order chi connectivity index (χ1) is 9.95. The molecule has 0 atom stereocenters. The third-order valence-electron chi connectivity index (χ3n) is 2.78. The van der Waals surface area contributed by atoms with Crippen LogP contribution in [-0.2, 0) is 4.79 Å². The Morgan fingerprint density at radius 3 is 2.67 bits per heavy atom. The molecular weight excluding hydrogens is 266 g/mol. The second kappa shape index (κ2) is 6.13. The zero-order valence-electron chi connectivity index (χ0n) is 11.8. The van der Waals surface area contributed by atoms with Gasteiger partial charge >= 0.3 is 0 Å². The molecule has 2 aromatic rings. The van der Waals surface area contributed by atoms with E-state index in [4.69, 9.17) is 4.42 Å². The molecule has 0 radical (unpaired) electrons. The van der Waals surface area contributed by atoms with E-state index < -0.39 is 0 Å². The van der Waals surface area contributed by atoms with Crippen LogP contribution in [0, 0.1) is 0 Å². The maximum Gasteiger partial charge on any atom is 0.228 e. The first kappa shape index (κ1) is 14.7. The van der Waals surface area contributed by atoms with Gasteiger partial charge in [-0.05, 0) is 31.2 Å². The van der Waals surface area contributed by atoms with Gasteiger partial charge in [0.2, 0.25) is 5.91 Å². The largest absolute Gasteiger partial charge is 0.505 e. The van der Waals surface area contributed by atoms with E-state index in [1.807, 2.05) is 19.1 Å². The van der Waals surface area contributed by atoms with Gasteiger partial charge in [0.1, 0.15) is 5.76 Å². The summed E-state index contributed by atoms with van der Waals surface area (Å²) >= 11 is 0. The molecule has 21 heavy (non-hydrogen) atoms. The fraction of sp³-hybridized carbons (Fsp3) is 0.118. The molecule has 0 aliphatic carbocycles. The molecule has 2 N–H and O–H groups in total. The van der Waals surface area contributed by atoms with Crippen LogP contribution in [0.2, 0.25) is 0 Å². The molecule has 0 unspecified atom stereocenters. The number of hydrogen-bond donors (Lipinski definition) is 2. The van der Waals surface area contributed by atoms with Gasteiger partial charge in [0.25, 0.3) is 0 Å². The predicted octanol–water partition coefficient (Wildman–Crippen LogP) is 4.38. The van der Waals surface area contributed by atoms with E-state index in [9.17, 15) is 9.90 Å². The van der Waals surface area contributed by atoms with Crippen molar-refractivity contribution in [3.05, 3.63) is 60.9 Å². The van der Waals surface area contributed by atoms with E-state index in [-0.39, 0.29) is 11.7 Å². The molecule has 0 fully saturated rings. The number of nitrogens with one attached hydrogen (secondary N) is 1. The summed E-state index contributed by atoms with van der Waals surface area (Å²) in [7, 11) is 0. The molecule has 0 saturated carbocycles. The van der Waals surface area contributed by atoms with Crippen LogP contribution >= 0.6 is 0 Å². The monoisotopic (exact) mass is 283 g/mol. The zero-order valence-corrected chi connectivity index (χ0v) is 11.8. The Hall–Kier alpha value is -2.75. The van der Waals surface area contributed by atoms with E-state index >= 15 is 0 Å². The minimum atomic E-state index is -0.118. The Bertz CT molecular complexity index is 698. The minimum absolute atomic E-state index is 0.108. The Balaban J connectivity index is 2.18. The normalized spacial score (nSPS) is 10.1. The van der Waals surface area contributed by atoms with Crippen LogP contribution in [0.15, 0.2) is 59.5 Å². The number of benzene rings is 1. The molecule has 1 aromatic heterocycles. The lowest BCUT2D eigenvalue weighted by Crippen LogP contribution is -2.11. The summed E-state index contributed by atoms with van der Waals surface area (Å²) in [6, 6.07) is 10.7. The zero-order chi connectivity index (χ0) is 15.4. The Kier molecular flexibility index (Phi) is 4.28. The van der Waals surface area contributed by atoms with Gasteiger partial charge in [-0.2, -0.15) is 0 Å². The van der Waals surface area contributed by atoms with Crippen molar-refractivity contribution >= 4 is 17.4 Å². The Labute approximate surface area is 123 Å². The summed E-state index contributed by atoms with van der Waals surface area (Å²) < 4.78 is 5.48. The van der Waals surface area contributed by atoms with Crippen LogP contribution in [0.1, 0.15) is 19.1 Å². The van der Waals surface area contributed by atoms with Crippen molar-refractivity contribution in [3.63, 3.8) is 0 Å². The van der Waals surface area contributed by atoms with E-state index in [1.54, 1.807) is 24.3 Å². The van der Waals surface area contributed by atoms with E-state index in [0.29, 0.717) is 23.6 Å². The number of aliphatic hydroxyl groups excluding tert-OH is 1. The molecular formula is C17H17NO3. The molecule has 2 rings (SSSR count). The van der Waals surface area contributed by atoms with Crippen molar-refractivity contribution in [1.29, 1.82) is 0 Å². The number of anilines is 1. The first-order valence-corrected chi connectivity index (χ1v) is 6.48. The molecule has 0 bridgehead atoms. The van der Waals surface area contributed by atoms with Gasteiger partial charge in [-0.1, -0.05) is 30.9 Å². The van der Waals surface area contributed by atoms with Crippen molar-refractivity contribution in [2.75, 3.05) is 5.32 Å². The van der Waals surface area contributed by atoms with Crippen molar-refractivity contribution in [2.45, 2.75) is 13.3 Å². The van der Waals surface area contributed by atoms with Crippen LogP contribution in [0.25, 0.3) is 17.1 Å². The van der Waals surface area contributed by atoms with Crippen molar-refractivity contribution in [2.24, 2.45) is 0 Å². The second-order valence-corrected chi connectivity index (χ2v) is 4.87. The van der Waals surface area contributed by atoms with Gasteiger partial charge in [0.15, 0.2) is 11.5 Å². The molecule has 108 valence electrons. The maximum absolute atomic E-state index is 11.7. The van der Waals surface area contributed by atoms with Crippen LogP contribution < -0.4 is 5.32 Å². The fourth-order valence-corrected chi connectivity index (χ4v) is 1.88. The van der Waals surface area contributed by atoms with Crippen LogP contribution in [0.4, 0.5) is 5.69 Å². The molecule has 0 saturated heterocycles. The predicted molar refractivity (Wildman–Crippen MR) is 83.9 cm³/mol. The molecule has 0 aliphatic rings. The number of amides is 1. The Morgan fingerprint density at radius 1 is 1.29 bits per heavy atom. The molecule has 4 nitrogen and oxygen atoms in total. The van der Waals surface area contributed by atoms with E-state index in [0.717, 1.165) is 11.1 Å². The SMILES string of the molecule is C=C(C)CC(=O)Nc1cccc(-c2ccc(C(=C)O)o2)c1. The average molecular weight is 283 g/mol. The summed E-state index contributed by atoms with van der Waals surface area (Å²) in [5, 5.41) is 12.1. The molecule has 1 aromatic carbocycles. The second-order valence-electron chi connectivity index (χ2n) is 4.87. The van der Waals surface area contributed by atoms with Crippen molar-refractivity contribution in [3.8, 4) is 11.3 Å². The average Bonchev–Trinajstić information content (AvgIpc) is 2.87. The number of aliphatic hydroxyl groups is 1. The highest BCUT2D eigenvalue weighted by Crippen LogP contribution is 2.26. The van der Waals surface area contributed by atoms with Crippen LogP contribution in [0.5, 0.6) is 0 Å². The number of carbonyl (C=O) groups is 1. The number of carbonyl (C=O) groups excluding carboxylic acids is 1. The number of hydrogen-bond acceptors (Lipinski definition) is 3. The molecule has 1 amide bonds. The first-order valence-electron chi connectivity index (χ1n) is 6.48. The summed E-state index contributed by atoms with van der Waals surface area (Å²) in [5.74, 6) is 0.689. The summed E-state index contributed by atoms with van der Waals surface area (Å²) in [4.78, 5) is 11.7. The van der Waals surface area contributed by atoms with Gasteiger partial charge < -0.3 is 14.8 Å². The van der Waals surface area contributed by atoms with Gasteiger partial charge in [0, 0.05) is 17.7 Å². The Morgan fingerprint density at radius 2 is 2.05 bits per heavy atom. The highest BCUT2D eigenvalue weighted by molar-refractivity contribution is 5.92. The smallest absolute Gasteiger partial charge is 0.228 e. The molecule has 0 aliphatic heterocycles. The lowest BCUT2D eigenvalue weighted by molar-refractivity contribution is -0.115. The van der Waals surface area contributed by atoms with Gasteiger partial charge in [-0.3, -0.25) is 4.79 Å². The van der Waals surface area contributed by atoms with Crippen LogP contribution in [0.3, 0.4) is 0 Å².